The van der Waals surface area contributed by atoms with Gasteiger partial charge in [0.25, 0.3) is 5.91 Å². The average molecular weight is 391 g/mol. The van der Waals surface area contributed by atoms with Gasteiger partial charge in [-0.25, -0.2) is 0 Å². The highest BCUT2D eigenvalue weighted by Gasteiger charge is 2.33. The standard InChI is InChI=1S/C19H16F3N3O3/c1-2-7-13-14(10-6-11-15(13)28-19(20,21)22)16(26)23-18-25-24-17(27-18)12-8-4-3-5-9-12/h3-6,8-11H,2,7H2,1H3,(H,23,25,26). The Balaban J connectivity index is 1.84. The molecule has 0 aliphatic rings. The molecule has 1 amide bonds. The lowest BCUT2D eigenvalue weighted by Gasteiger charge is -2.15. The van der Waals surface area contributed by atoms with Crippen LogP contribution in [0, 0.1) is 0 Å². The number of ether oxygens (including phenoxy) is 1. The van der Waals surface area contributed by atoms with Crippen molar-refractivity contribution in [3.8, 4) is 17.2 Å². The van der Waals surface area contributed by atoms with E-state index in [0.29, 0.717) is 12.0 Å². The summed E-state index contributed by atoms with van der Waals surface area (Å²) in [7, 11) is 0. The Morgan fingerprint density at radius 3 is 2.54 bits per heavy atom. The molecule has 9 heteroatoms. The molecule has 28 heavy (non-hydrogen) atoms. The van der Waals surface area contributed by atoms with Gasteiger partial charge in [0, 0.05) is 16.7 Å². The minimum absolute atomic E-state index is 0.0445. The second-order valence-electron chi connectivity index (χ2n) is 5.81. The van der Waals surface area contributed by atoms with Gasteiger partial charge in [-0.2, -0.15) is 0 Å². The second-order valence-corrected chi connectivity index (χ2v) is 5.81. The van der Waals surface area contributed by atoms with Crippen LogP contribution in [-0.4, -0.2) is 22.5 Å². The number of hydrogen-bond acceptors (Lipinski definition) is 5. The SMILES string of the molecule is CCCc1c(OC(F)(F)F)cccc1C(=O)Nc1nnc(-c2ccccc2)o1. The van der Waals surface area contributed by atoms with Crippen LogP contribution in [0.1, 0.15) is 29.3 Å². The number of rotatable bonds is 6. The lowest BCUT2D eigenvalue weighted by atomic mass is 10.0. The van der Waals surface area contributed by atoms with Crippen LogP contribution in [0.5, 0.6) is 5.75 Å². The van der Waals surface area contributed by atoms with Crippen molar-refractivity contribution in [2.24, 2.45) is 0 Å². The molecule has 146 valence electrons. The second kappa shape index (κ2) is 8.12. The molecule has 3 aromatic rings. The van der Waals surface area contributed by atoms with E-state index in [4.69, 9.17) is 4.42 Å². The monoisotopic (exact) mass is 391 g/mol. The Kier molecular flexibility index (Phi) is 5.62. The number of hydrogen-bond donors (Lipinski definition) is 1. The third-order valence-corrected chi connectivity index (χ3v) is 3.77. The first-order valence-corrected chi connectivity index (χ1v) is 8.45. The summed E-state index contributed by atoms with van der Waals surface area (Å²) in [5.41, 5.74) is 0.869. The molecular formula is C19H16F3N3O3. The summed E-state index contributed by atoms with van der Waals surface area (Å²) in [5.74, 6) is -0.865. The Labute approximate surface area is 158 Å². The van der Waals surface area contributed by atoms with E-state index >= 15 is 0 Å². The van der Waals surface area contributed by atoms with Crippen LogP contribution >= 0.6 is 0 Å². The summed E-state index contributed by atoms with van der Waals surface area (Å²) in [6.07, 6.45) is -4.10. The lowest BCUT2D eigenvalue weighted by Crippen LogP contribution is -2.20. The summed E-state index contributed by atoms with van der Waals surface area (Å²) in [4.78, 5) is 12.6. The van der Waals surface area contributed by atoms with Crippen molar-refractivity contribution in [2.75, 3.05) is 5.32 Å². The quantitative estimate of drug-likeness (QED) is 0.651. The van der Waals surface area contributed by atoms with E-state index < -0.39 is 18.0 Å². The van der Waals surface area contributed by atoms with Gasteiger partial charge >= 0.3 is 12.4 Å². The van der Waals surface area contributed by atoms with Crippen molar-refractivity contribution >= 4 is 11.9 Å². The molecule has 1 N–H and O–H groups in total. The zero-order valence-electron chi connectivity index (χ0n) is 14.8. The topological polar surface area (TPSA) is 77.2 Å². The number of alkyl halides is 3. The fourth-order valence-corrected chi connectivity index (χ4v) is 2.64. The van der Waals surface area contributed by atoms with Crippen molar-refractivity contribution in [2.45, 2.75) is 26.1 Å². The molecule has 0 fully saturated rings. The van der Waals surface area contributed by atoms with Gasteiger partial charge in [0.05, 0.1) is 0 Å². The van der Waals surface area contributed by atoms with Gasteiger partial charge in [-0.1, -0.05) is 42.7 Å². The van der Waals surface area contributed by atoms with Gasteiger partial charge in [-0.3, -0.25) is 10.1 Å². The van der Waals surface area contributed by atoms with Gasteiger partial charge in [0.2, 0.25) is 5.89 Å². The molecular weight excluding hydrogens is 375 g/mol. The Hall–Kier alpha value is -3.36. The largest absolute Gasteiger partial charge is 0.573 e. The summed E-state index contributed by atoms with van der Waals surface area (Å²) in [6, 6.07) is 12.7. The third kappa shape index (κ3) is 4.67. The molecule has 0 spiro atoms. The molecule has 0 radical (unpaired) electrons. The highest BCUT2D eigenvalue weighted by Crippen LogP contribution is 2.30. The van der Waals surface area contributed by atoms with Crippen molar-refractivity contribution in [3.05, 3.63) is 59.7 Å². The summed E-state index contributed by atoms with van der Waals surface area (Å²) in [5, 5.41) is 10.0. The van der Waals surface area contributed by atoms with Crippen LogP contribution in [0.3, 0.4) is 0 Å². The van der Waals surface area contributed by atoms with Gasteiger partial charge < -0.3 is 9.15 Å². The fourth-order valence-electron chi connectivity index (χ4n) is 2.64. The van der Waals surface area contributed by atoms with E-state index in [9.17, 15) is 18.0 Å². The van der Waals surface area contributed by atoms with Crippen LogP contribution in [0.25, 0.3) is 11.5 Å². The fraction of sp³-hybridized carbons (Fsp3) is 0.211. The number of nitrogens with one attached hydrogen (secondary N) is 1. The van der Waals surface area contributed by atoms with E-state index in [1.165, 1.54) is 18.2 Å². The first kappa shape index (κ1) is 19.4. The molecule has 0 aliphatic carbocycles. The predicted molar refractivity (Wildman–Crippen MR) is 94.8 cm³/mol. The van der Waals surface area contributed by atoms with Gasteiger partial charge in [-0.05, 0) is 30.7 Å². The Morgan fingerprint density at radius 1 is 1.11 bits per heavy atom. The van der Waals surface area contributed by atoms with E-state index in [-0.39, 0.29) is 29.5 Å². The zero-order chi connectivity index (χ0) is 20.1. The Bertz CT molecular complexity index is 956. The van der Waals surface area contributed by atoms with Crippen LogP contribution in [0.4, 0.5) is 19.2 Å². The first-order chi connectivity index (χ1) is 13.4. The summed E-state index contributed by atoms with van der Waals surface area (Å²) < 4.78 is 47.4. The first-order valence-electron chi connectivity index (χ1n) is 8.45. The van der Waals surface area contributed by atoms with Crippen LogP contribution in [-0.2, 0) is 6.42 Å². The van der Waals surface area contributed by atoms with Crippen molar-refractivity contribution < 1.29 is 27.1 Å². The lowest BCUT2D eigenvalue weighted by molar-refractivity contribution is -0.274. The number of carbonyl (C=O) groups excluding carboxylic acids is 1. The molecule has 0 saturated carbocycles. The summed E-state index contributed by atoms with van der Waals surface area (Å²) >= 11 is 0. The molecule has 0 bridgehead atoms. The van der Waals surface area contributed by atoms with Crippen molar-refractivity contribution in [3.63, 3.8) is 0 Å². The van der Waals surface area contributed by atoms with Gasteiger partial charge in [-0.15, -0.1) is 18.3 Å². The number of halogens is 3. The molecule has 0 unspecified atom stereocenters. The van der Waals surface area contributed by atoms with Crippen molar-refractivity contribution in [1.29, 1.82) is 0 Å². The molecule has 0 atom stereocenters. The van der Waals surface area contributed by atoms with E-state index in [1.54, 1.807) is 31.2 Å². The number of aromatic nitrogens is 2. The highest BCUT2D eigenvalue weighted by molar-refractivity contribution is 6.04. The molecule has 0 saturated heterocycles. The molecule has 1 aromatic heterocycles. The predicted octanol–water partition coefficient (Wildman–Crippen LogP) is 4.84. The van der Waals surface area contributed by atoms with Gasteiger partial charge in [0.15, 0.2) is 0 Å². The smallest absolute Gasteiger partial charge is 0.405 e. The number of nitrogens with zero attached hydrogens (tertiary/aromatic N) is 2. The van der Waals surface area contributed by atoms with E-state index in [1.807, 2.05) is 6.07 Å². The summed E-state index contributed by atoms with van der Waals surface area (Å²) in [6.45, 7) is 1.79. The normalized spacial score (nSPS) is 11.3. The highest BCUT2D eigenvalue weighted by atomic mass is 19.4. The van der Waals surface area contributed by atoms with E-state index in [2.05, 4.69) is 20.3 Å². The maximum absolute atomic E-state index is 12.6. The third-order valence-electron chi connectivity index (χ3n) is 3.77. The van der Waals surface area contributed by atoms with Crippen molar-refractivity contribution in [1.82, 2.24) is 10.2 Å². The van der Waals surface area contributed by atoms with E-state index in [0.717, 1.165) is 0 Å². The molecule has 1 heterocycles. The average Bonchev–Trinajstić information content (AvgIpc) is 3.11. The molecule has 2 aromatic carbocycles. The maximum Gasteiger partial charge on any atom is 0.573 e. The number of anilines is 1. The van der Waals surface area contributed by atoms with Crippen LogP contribution < -0.4 is 10.1 Å². The maximum atomic E-state index is 12.6. The van der Waals surface area contributed by atoms with Crippen LogP contribution in [0.15, 0.2) is 52.9 Å². The zero-order valence-corrected chi connectivity index (χ0v) is 14.8. The molecule has 0 aliphatic heterocycles. The number of amides is 1. The minimum atomic E-state index is -4.85. The van der Waals surface area contributed by atoms with Crippen LogP contribution in [0.2, 0.25) is 0 Å². The minimum Gasteiger partial charge on any atom is -0.405 e. The van der Waals surface area contributed by atoms with Gasteiger partial charge in [0.1, 0.15) is 5.75 Å². The molecule has 6 nitrogen and oxygen atoms in total. The Morgan fingerprint density at radius 2 is 1.86 bits per heavy atom. The number of benzene rings is 2. The number of carbonyl (C=O) groups is 1. The molecule has 3 rings (SSSR count).